The first-order valence-corrected chi connectivity index (χ1v) is 11.5. The molecule has 154 valence electrons. The Morgan fingerprint density at radius 3 is 1.90 bits per heavy atom. The molecule has 30 heavy (non-hydrogen) atoms. The zero-order valence-electron chi connectivity index (χ0n) is 18.7. The summed E-state index contributed by atoms with van der Waals surface area (Å²) in [5, 5.41) is 2.67. The molecule has 0 N–H and O–H groups in total. The van der Waals surface area contributed by atoms with E-state index in [0.717, 1.165) is 5.46 Å². The molecule has 1 aliphatic rings. The van der Waals surface area contributed by atoms with E-state index in [1.807, 2.05) is 25.2 Å². The fraction of sp³-hybridized carbons (Fsp3) is 0.308. The van der Waals surface area contributed by atoms with Gasteiger partial charge in [-0.15, -0.1) is 11.3 Å². The van der Waals surface area contributed by atoms with Crippen molar-refractivity contribution < 1.29 is 9.31 Å². The first-order chi connectivity index (χ1) is 14.3. The first kappa shape index (κ1) is 21.1. The van der Waals surface area contributed by atoms with Gasteiger partial charge in [0, 0.05) is 20.2 Å². The molecule has 0 radical (unpaired) electrons. The van der Waals surface area contributed by atoms with Crippen molar-refractivity contribution in [1.82, 2.24) is 0 Å². The normalized spacial score (nSPS) is 17.2. The van der Waals surface area contributed by atoms with E-state index in [4.69, 9.17) is 9.31 Å². The summed E-state index contributed by atoms with van der Waals surface area (Å²) in [5.41, 5.74) is 2.87. The Labute approximate surface area is 184 Å². The Kier molecular flexibility index (Phi) is 5.52. The third kappa shape index (κ3) is 3.58. The van der Waals surface area contributed by atoms with Crippen LogP contribution in [0.3, 0.4) is 0 Å². The fourth-order valence-electron chi connectivity index (χ4n) is 3.72. The standard InChI is InChI=1S/C24H23BO2S.C2H6/c1-23(2)24(3,4)27-25(26-23)18-12-9-16(10-13-18)17-11-14-20-19-7-5-6-8-21(19)28-22(20)15-17;1-2/h5-15H,1-4H3;1-2H3. The predicted octanol–water partition coefficient (Wildman–Crippen LogP) is 7.05. The van der Waals surface area contributed by atoms with Gasteiger partial charge in [-0.05, 0) is 56.4 Å². The average molecular weight is 416 g/mol. The van der Waals surface area contributed by atoms with Gasteiger partial charge in [0.25, 0.3) is 0 Å². The highest BCUT2D eigenvalue weighted by molar-refractivity contribution is 7.25. The number of thiophene rings is 1. The van der Waals surface area contributed by atoms with Gasteiger partial charge in [-0.3, -0.25) is 0 Å². The number of fused-ring (bicyclic) bond motifs is 3. The molecular formula is C26H29BO2S. The summed E-state index contributed by atoms with van der Waals surface area (Å²) in [6, 6.07) is 23.9. The highest BCUT2D eigenvalue weighted by Crippen LogP contribution is 2.37. The van der Waals surface area contributed by atoms with E-state index in [1.54, 1.807) is 0 Å². The molecule has 0 spiro atoms. The smallest absolute Gasteiger partial charge is 0.399 e. The minimum Gasteiger partial charge on any atom is -0.399 e. The number of benzene rings is 3. The lowest BCUT2D eigenvalue weighted by Crippen LogP contribution is -2.41. The van der Waals surface area contributed by atoms with E-state index in [-0.39, 0.29) is 18.3 Å². The largest absolute Gasteiger partial charge is 0.494 e. The van der Waals surface area contributed by atoms with Gasteiger partial charge in [0.1, 0.15) is 0 Å². The van der Waals surface area contributed by atoms with Crippen LogP contribution >= 0.6 is 11.3 Å². The van der Waals surface area contributed by atoms with Gasteiger partial charge in [0.2, 0.25) is 0 Å². The molecule has 1 aromatic heterocycles. The molecule has 0 amide bonds. The Morgan fingerprint density at radius 1 is 0.667 bits per heavy atom. The number of hydrogen-bond acceptors (Lipinski definition) is 3. The first-order valence-electron chi connectivity index (χ1n) is 10.7. The molecule has 4 aromatic rings. The molecule has 1 fully saturated rings. The molecule has 2 heterocycles. The summed E-state index contributed by atoms with van der Waals surface area (Å²) in [6.07, 6.45) is 0. The zero-order chi connectivity index (χ0) is 21.5. The van der Waals surface area contributed by atoms with E-state index in [0.29, 0.717) is 0 Å². The van der Waals surface area contributed by atoms with Gasteiger partial charge in [-0.2, -0.15) is 0 Å². The van der Waals surface area contributed by atoms with Gasteiger partial charge in [-0.25, -0.2) is 0 Å². The topological polar surface area (TPSA) is 18.5 Å². The maximum atomic E-state index is 6.17. The van der Waals surface area contributed by atoms with E-state index >= 15 is 0 Å². The lowest BCUT2D eigenvalue weighted by atomic mass is 9.78. The van der Waals surface area contributed by atoms with Crippen LogP contribution in [-0.4, -0.2) is 18.3 Å². The fourth-order valence-corrected chi connectivity index (χ4v) is 4.86. The van der Waals surface area contributed by atoms with Gasteiger partial charge < -0.3 is 9.31 Å². The molecule has 0 saturated carbocycles. The van der Waals surface area contributed by atoms with Gasteiger partial charge >= 0.3 is 7.12 Å². The Bertz CT molecular complexity index is 1160. The Morgan fingerprint density at radius 2 is 1.23 bits per heavy atom. The summed E-state index contributed by atoms with van der Waals surface area (Å²) >= 11 is 1.85. The van der Waals surface area contributed by atoms with Crippen molar-refractivity contribution in [3.63, 3.8) is 0 Å². The predicted molar refractivity (Wildman–Crippen MR) is 132 cm³/mol. The van der Waals surface area contributed by atoms with E-state index in [2.05, 4.69) is 94.4 Å². The highest BCUT2D eigenvalue weighted by atomic mass is 32.1. The maximum absolute atomic E-state index is 6.17. The van der Waals surface area contributed by atoms with Crippen LogP contribution in [0, 0.1) is 0 Å². The van der Waals surface area contributed by atoms with Gasteiger partial charge in [0.15, 0.2) is 0 Å². The third-order valence-corrected chi connectivity index (χ3v) is 7.28. The van der Waals surface area contributed by atoms with Crippen LogP contribution in [0.15, 0.2) is 66.7 Å². The minimum absolute atomic E-state index is 0.316. The number of hydrogen-bond donors (Lipinski definition) is 0. The second kappa shape index (κ2) is 7.84. The van der Waals surface area contributed by atoms with Crippen LogP contribution < -0.4 is 5.46 Å². The van der Waals surface area contributed by atoms with E-state index in [1.165, 1.54) is 31.3 Å². The minimum atomic E-state index is -0.317. The highest BCUT2D eigenvalue weighted by Gasteiger charge is 2.51. The van der Waals surface area contributed by atoms with Crippen molar-refractivity contribution in [3.8, 4) is 11.1 Å². The lowest BCUT2D eigenvalue weighted by molar-refractivity contribution is 0.00578. The SMILES string of the molecule is CC.CC1(C)OB(c2ccc(-c3ccc4c(c3)sc3ccccc34)cc2)OC1(C)C. The van der Waals surface area contributed by atoms with Gasteiger partial charge in [-0.1, -0.05) is 68.4 Å². The molecule has 0 unspecified atom stereocenters. The van der Waals surface area contributed by atoms with Crippen molar-refractivity contribution in [2.75, 3.05) is 0 Å². The molecule has 0 bridgehead atoms. The Balaban J connectivity index is 0.00000106. The molecule has 1 saturated heterocycles. The van der Waals surface area contributed by atoms with Crippen LogP contribution in [0.25, 0.3) is 31.3 Å². The molecule has 1 aliphatic heterocycles. The van der Waals surface area contributed by atoms with Crippen LogP contribution in [-0.2, 0) is 9.31 Å². The maximum Gasteiger partial charge on any atom is 0.494 e. The molecule has 0 atom stereocenters. The number of rotatable bonds is 2. The molecule has 5 rings (SSSR count). The monoisotopic (exact) mass is 416 g/mol. The Hall–Kier alpha value is -2.14. The summed E-state index contributed by atoms with van der Waals surface area (Å²) in [4.78, 5) is 0. The van der Waals surface area contributed by atoms with Crippen LogP contribution in [0.1, 0.15) is 41.5 Å². The van der Waals surface area contributed by atoms with Crippen LogP contribution in [0.2, 0.25) is 0 Å². The second-order valence-electron chi connectivity index (χ2n) is 8.52. The van der Waals surface area contributed by atoms with Crippen molar-refractivity contribution in [3.05, 3.63) is 66.7 Å². The van der Waals surface area contributed by atoms with E-state index < -0.39 is 0 Å². The summed E-state index contributed by atoms with van der Waals surface area (Å²) in [7, 11) is -0.316. The molecule has 4 heteroatoms. The summed E-state index contributed by atoms with van der Waals surface area (Å²) in [6.45, 7) is 12.3. The summed E-state index contributed by atoms with van der Waals surface area (Å²) < 4.78 is 15.0. The average Bonchev–Trinajstić information content (AvgIpc) is 3.22. The van der Waals surface area contributed by atoms with Crippen molar-refractivity contribution in [2.24, 2.45) is 0 Å². The second-order valence-corrected chi connectivity index (χ2v) is 9.60. The molecular weight excluding hydrogens is 387 g/mol. The van der Waals surface area contributed by atoms with Gasteiger partial charge in [0.05, 0.1) is 11.2 Å². The van der Waals surface area contributed by atoms with Crippen molar-refractivity contribution >= 4 is 44.1 Å². The molecule has 0 aliphatic carbocycles. The van der Waals surface area contributed by atoms with Crippen molar-refractivity contribution in [2.45, 2.75) is 52.7 Å². The zero-order valence-corrected chi connectivity index (χ0v) is 19.5. The lowest BCUT2D eigenvalue weighted by Gasteiger charge is -2.32. The van der Waals surface area contributed by atoms with Crippen molar-refractivity contribution in [1.29, 1.82) is 0 Å². The quantitative estimate of drug-likeness (QED) is 0.326. The van der Waals surface area contributed by atoms with Crippen LogP contribution in [0.5, 0.6) is 0 Å². The summed E-state index contributed by atoms with van der Waals surface area (Å²) in [5.74, 6) is 0. The van der Waals surface area contributed by atoms with E-state index in [9.17, 15) is 0 Å². The van der Waals surface area contributed by atoms with Crippen LogP contribution in [0.4, 0.5) is 0 Å². The molecule has 3 aromatic carbocycles. The third-order valence-electron chi connectivity index (χ3n) is 6.15. The molecule has 2 nitrogen and oxygen atoms in total.